The fourth-order valence-electron chi connectivity index (χ4n) is 5.52. The van der Waals surface area contributed by atoms with Gasteiger partial charge < -0.3 is 10.2 Å². The van der Waals surface area contributed by atoms with Crippen molar-refractivity contribution in [2.24, 2.45) is 0 Å². The molecule has 0 saturated carbocycles. The van der Waals surface area contributed by atoms with Crippen LogP contribution in [0.5, 0.6) is 0 Å². The Bertz CT molecular complexity index is 1060. The second kappa shape index (κ2) is 8.37. The van der Waals surface area contributed by atoms with E-state index in [0.29, 0.717) is 0 Å². The van der Waals surface area contributed by atoms with Gasteiger partial charge in [0.25, 0.3) is 0 Å². The fraction of sp³-hybridized carbons (Fsp3) is 0.357. The van der Waals surface area contributed by atoms with Crippen LogP contribution in [-0.2, 0) is 18.6 Å². The number of aliphatic hydroxyl groups is 2. The number of aryl methyl sites for hydroxylation is 1. The monoisotopic (exact) mass is 400 g/mol. The second-order valence-electron chi connectivity index (χ2n) is 8.64. The molecule has 2 N–H and O–H groups in total. The summed E-state index contributed by atoms with van der Waals surface area (Å²) in [6.45, 7) is 6.55. The Balaban J connectivity index is 1.95. The molecule has 3 aromatic rings. The third-order valence-corrected chi connectivity index (χ3v) is 6.83. The minimum Gasteiger partial charge on any atom is -0.392 e. The topological polar surface area (TPSA) is 40.5 Å². The van der Waals surface area contributed by atoms with E-state index in [2.05, 4.69) is 56.3 Å². The van der Waals surface area contributed by atoms with Gasteiger partial charge in [-0.25, -0.2) is 0 Å². The average molecular weight is 401 g/mol. The van der Waals surface area contributed by atoms with Crippen LogP contribution in [0.15, 0.2) is 54.6 Å². The van der Waals surface area contributed by atoms with Gasteiger partial charge in [-0.2, -0.15) is 0 Å². The largest absolute Gasteiger partial charge is 0.392 e. The molecule has 0 radical (unpaired) electrons. The molecule has 1 aliphatic rings. The zero-order valence-electron chi connectivity index (χ0n) is 18.3. The first-order valence-electron chi connectivity index (χ1n) is 11.2. The molecule has 0 aromatic heterocycles. The maximum absolute atomic E-state index is 10.0. The molecule has 2 nitrogen and oxygen atoms in total. The van der Waals surface area contributed by atoms with E-state index in [1.165, 1.54) is 22.3 Å². The molecule has 3 aromatic carbocycles. The van der Waals surface area contributed by atoms with E-state index in [4.69, 9.17) is 0 Å². The zero-order chi connectivity index (χ0) is 21.3. The standard InChI is InChI=1S/C28H32O2/c1-4-12-28(13-5-2)26-9-7-6-8-23(26)24-11-10-20(16-27(24)28)25-15-21(17-29)19(3)14-22(25)18-30/h6-11,14-16,29-30H,4-5,12-13,17-18H2,1-3H3. The molecular weight excluding hydrogens is 368 g/mol. The Morgan fingerprint density at radius 1 is 0.700 bits per heavy atom. The van der Waals surface area contributed by atoms with Gasteiger partial charge in [-0.1, -0.05) is 69.2 Å². The van der Waals surface area contributed by atoms with E-state index < -0.39 is 0 Å². The second-order valence-corrected chi connectivity index (χ2v) is 8.64. The molecule has 0 amide bonds. The van der Waals surface area contributed by atoms with E-state index in [1.54, 1.807) is 0 Å². The molecule has 30 heavy (non-hydrogen) atoms. The Morgan fingerprint density at radius 3 is 2.03 bits per heavy atom. The molecule has 0 fully saturated rings. The molecular formula is C28H32O2. The minimum atomic E-state index is -0.00570. The van der Waals surface area contributed by atoms with Crippen LogP contribution >= 0.6 is 0 Å². The van der Waals surface area contributed by atoms with Gasteiger partial charge >= 0.3 is 0 Å². The van der Waals surface area contributed by atoms with Crippen molar-refractivity contribution in [3.63, 3.8) is 0 Å². The van der Waals surface area contributed by atoms with Crippen molar-refractivity contribution >= 4 is 0 Å². The van der Waals surface area contributed by atoms with E-state index in [-0.39, 0.29) is 18.6 Å². The van der Waals surface area contributed by atoms with Crippen molar-refractivity contribution in [3.05, 3.63) is 82.4 Å². The highest BCUT2D eigenvalue weighted by Crippen LogP contribution is 2.54. The Kier molecular flexibility index (Phi) is 5.81. The van der Waals surface area contributed by atoms with Crippen molar-refractivity contribution in [1.29, 1.82) is 0 Å². The number of rotatable bonds is 7. The number of hydrogen-bond donors (Lipinski definition) is 2. The SMILES string of the molecule is CCCC1(CCC)c2ccccc2-c2ccc(-c3cc(CO)c(C)cc3CO)cc21. The Labute approximate surface area is 180 Å². The first-order valence-corrected chi connectivity index (χ1v) is 11.2. The lowest BCUT2D eigenvalue weighted by Gasteiger charge is -2.32. The van der Waals surface area contributed by atoms with Gasteiger partial charge in [0.15, 0.2) is 0 Å². The number of fused-ring (bicyclic) bond motifs is 3. The summed E-state index contributed by atoms with van der Waals surface area (Å²) in [4.78, 5) is 0. The highest BCUT2D eigenvalue weighted by molar-refractivity contribution is 5.84. The van der Waals surface area contributed by atoms with Gasteiger partial charge in [-0.3, -0.25) is 0 Å². The van der Waals surface area contributed by atoms with Crippen LogP contribution in [0.1, 0.15) is 67.3 Å². The lowest BCUT2D eigenvalue weighted by atomic mass is 9.71. The highest BCUT2D eigenvalue weighted by atomic mass is 16.3. The summed E-state index contributed by atoms with van der Waals surface area (Å²) in [5.41, 5.74) is 10.6. The van der Waals surface area contributed by atoms with Gasteiger partial charge in [0, 0.05) is 5.41 Å². The molecule has 2 heteroatoms. The summed E-state index contributed by atoms with van der Waals surface area (Å²) < 4.78 is 0. The summed E-state index contributed by atoms with van der Waals surface area (Å²) in [6.07, 6.45) is 4.55. The van der Waals surface area contributed by atoms with Crippen LogP contribution < -0.4 is 0 Å². The third kappa shape index (κ3) is 3.19. The quantitative estimate of drug-likeness (QED) is 0.474. The molecule has 0 atom stereocenters. The maximum atomic E-state index is 10.0. The molecule has 0 bridgehead atoms. The molecule has 0 aliphatic heterocycles. The van der Waals surface area contributed by atoms with Crippen molar-refractivity contribution in [2.45, 2.75) is 65.1 Å². The minimum absolute atomic E-state index is 0.00570. The molecule has 1 aliphatic carbocycles. The molecule has 0 unspecified atom stereocenters. The van der Waals surface area contributed by atoms with Gasteiger partial charge in [0.1, 0.15) is 0 Å². The van der Waals surface area contributed by atoms with Gasteiger partial charge in [-0.05, 0) is 82.0 Å². The van der Waals surface area contributed by atoms with Crippen molar-refractivity contribution in [3.8, 4) is 22.3 Å². The third-order valence-electron chi connectivity index (χ3n) is 6.83. The van der Waals surface area contributed by atoms with Gasteiger partial charge in [0.05, 0.1) is 13.2 Å². The van der Waals surface area contributed by atoms with Gasteiger partial charge in [0.2, 0.25) is 0 Å². The van der Waals surface area contributed by atoms with Crippen molar-refractivity contribution in [2.75, 3.05) is 0 Å². The summed E-state index contributed by atoms with van der Waals surface area (Å²) >= 11 is 0. The number of hydrogen-bond acceptors (Lipinski definition) is 2. The van der Waals surface area contributed by atoms with Crippen LogP contribution in [-0.4, -0.2) is 10.2 Å². The van der Waals surface area contributed by atoms with Gasteiger partial charge in [-0.15, -0.1) is 0 Å². The van der Waals surface area contributed by atoms with Crippen LogP contribution in [0.25, 0.3) is 22.3 Å². The van der Waals surface area contributed by atoms with Crippen molar-refractivity contribution < 1.29 is 10.2 Å². The summed E-state index contributed by atoms with van der Waals surface area (Å²) in [5, 5.41) is 19.8. The maximum Gasteiger partial charge on any atom is 0.0687 e. The first kappa shape index (κ1) is 20.8. The normalized spacial score (nSPS) is 13.9. The van der Waals surface area contributed by atoms with E-state index >= 15 is 0 Å². The molecule has 0 spiro atoms. The van der Waals surface area contributed by atoms with E-state index in [9.17, 15) is 10.2 Å². The van der Waals surface area contributed by atoms with Crippen LogP contribution in [0.2, 0.25) is 0 Å². The molecule has 0 saturated heterocycles. The van der Waals surface area contributed by atoms with Crippen LogP contribution in [0.4, 0.5) is 0 Å². The first-order chi connectivity index (χ1) is 14.6. The summed E-state index contributed by atoms with van der Waals surface area (Å²) in [6, 6.07) is 19.7. The fourth-order valence-corrected chi connectivity index (χ4v) is 5.52. The molecule has 156 valence electrons. The Hall–Kier alpha value is -2.42. The number of benzene rings is 3. The van der Waals surface area contributed by atoms with E-state index in [1.807, 2.05) is 19.1 Å². The average Bonchev–Trinajstić information content (AvgIpc) is 3.03. The van der Waals surface area contributed by atoms with Crippen LogP contribution in [0, 0.1) is 6.92 Å². The summed E-state index contributed by atoms with van der Waals surface area (Å²) in [5.74, 6) is 0. The van der Waals surface area contributed by atoms with Crippen molar-refractivity contribution in [1.82, 2.24) is 0 Å². The predicted octanol–water partition coefficient (Wildman–Crippen LogP) is 6.51. The molecule has 0 heterocycles. The highest BCUT2D eigenvalue weighted by Gasteiger charge is 2.41. The number of aliphatic hydroxyl groups excluding tert-OH is 2. The van der Waals surface area contributed by atoms with E-state index in [0.717, 1.165) is 53.5 Å². The zero-order valence-corrected chi connectivity index (χ0v) is 18.3. The predicted molar refractivity (Wildman–Crippen MR) is 124 cm³/mol. The Morgan fingerprint density at radius 2 is 1.37 bits per heavy atom. The van der Waals surface area contributed by atoms with Crippen LogP contribution in [0.3, 0.4) is 0 Å². The molecule has 4 rings (SSSR count). The smallest absolute Gasteiger partial charge is 0.0687 e. The lowest BCUT2D eigenvalue weighted by Crippen LogP contribution is -2.25. The lowest BCUT2D eigenvalue weighted by molar-refractivity contribution is 0.278. The summed E-state index contributed by atoms with van der Waals surface area (Å²) in [7, 11) is 0.